The Morgan fingerprint density at radius 1 is 1.35 bits per heavy atom. The third-order valence-corrected chi connectivity index (χ3v) is 5.14. The third-order valence-electron chi connectivity index (χ3n) is 2.93. The molecular weight excluding hydrogens is 250 g/mol. The van der Waals surface area contributed by atoms with Gasteiger partial charge in [-0.05, 0) is 25.6 Å². The first-order chi connectivity index (χ1) is 8.35. The highest BCUT2D eigenvalue weighted by atomic mass is 32.2. The monoisotopic (exact) mass is 271 g/mol. The quantitative estimate of drug-likeness (QED) is 0.910. The van der Waals surface area contributed by atoms with Crippen molar-refractivity contribution in [3.05, 3.63) is 10.6 Å². The number of thioether (sulfide) groups is 1. The lowest BCUT2D eigenvalue weighted by atomic mass is 10.3. The van der Waals surface area contributed by atoms with Crippen LogP contribution in [0.5, 0.6) is 0 Å². The number of anilines is 1. The number of thiazole rings is 1. The second-order valence-corrected chi connectivity index (χ2v) is 6.49. The van der Waals surface area contributed by atoms with E-state index in [1.807, 2.05) is 18.4 Å². The first kappa shape index (κ1) is 13.2. The van der Waals surface area contributed by atoms with Crippen molar-refractivity contribution in [2.75, 3.05) is 36.5 Å². The lowest BCUT2D eigenvalue weighted by Gasteiger charge is -2.18. The maximum atomic E-state index is 4.81. The molecule has 0 spiro atoms. The molecule has 1 aliphatic heterocycles. The molecule has 0 aliphatic carbocycles. The SMILES string of the molecule is CCc1nc(N2CCCSCC2)sc1CNC. The summed E-state index contributed by atoms with van der Waals surface area (Å²) >= 11 is 3.93. The van der Waals surface area contributed by atoms with Crippen LogP contribution < -0.4 is 10.2 Å². The molecule has 0 bridgehead atoms. The molecule has 1 N–H and O–H groups in total. The van der Waals surface area contributed by atoms with E-state index in [9.17, 15) is 0 Å². The van der Waals surface area contributed by atoms with Gasteiger partial charge in [0.2, 0.25) is 0 Å². The van der Waals surface area contributed by atoms with Crippen molar-refractivity contribution in [1.82, 2.24) is 10.3 Å². The molecular formula is C12H21N3S2. The average molecular weight is 271 g/mol. The van der Waals surface area contributed by atoms with Gasteiger partial charge in [-0.3, -0.25) is 0 Å². The fourth-order valence-corrected chi connectivity index (χ4v) is 4.12. The molecule has 0 radical (unpaired) electrons. The van der Waals surface area contributed by atoms with Crippen LogP contribution in [0.3, 0.4) is 0 Å². The Balaban J connectivity index is 2.13. The van der Waals surface area contributed by atoms with E-state index in [0.717, 1.165) is 19.5 Å². The fourth-order valence-electron chi connectivity index (χ4n) is 2.02. The number of rotatable bonds is 4. The summed E-state index contributed by atoms with van der Waals surface area (Å²) in [6.07, 6.45) is 2.32. The van der Waals surface area contributed by atoms with Gasteiger partial charge in [0.1, 0.15) is 0 Å². The molecule has 0 aromatic carbocycles. The van der Waals surface area contributed by atoms with E-state index in [1.165, 1.54) is 40.2 Å². The summed E-state index contributed by atoms with van der Waals surface area (Å²) in [4.78, 5) is 8.67. The summed E-state index contributed by atoms with van der Waals surface area (Å²) in [5.41, 5.74) is 1.27. The van der Waals surface area contributed by atoms with Crippen LogP contribution in [-0.2, 0) is 13.0 Å². The van der Waals surface area contributed by atoms with Crippen molar-refractivity contribution in [3.8, 4) is 0 Å². The smallest absolute Gasteiger partial charge is 0.185 e. The summed E-state index contributed by atoms with van der Waals surface area (Å²) in [6.45, 7) is 5.46. The molecule has 1 aliphatic rings. The predicted molar refractivity (Wildman–Crippen MR) is 78.4 cm³/mol. The van der Waals surface area contributed by atoms with E-state index >= 15 is 0 Å². The number of aromatic nitrogens is 1. The Hall–Kier alpha value is -0.260. The van der Waals surface area contributed by atoms with E-state index in [1.54, 1.807) is 0 Å². The van der Waals surface area contributed by atoms with E-state index in [2.05, 4.69) is 28.9 Å². The number of hydrogen-bond donors (Lipinski definition) is 1. The fraction of sp³-hybridized carbons (Fsp3) is 0.750. The second kappa shape index (κ2) is 6.61. The van der Waals surface area contributed by atoms with Crippen LogP contribution in [0.15, 0.2) is 0 Å². The van der Waals surface area contributed by atoms with Crippen LogP contribution >= 0.6 is 23.1 Å². The van der Waals surface area contributed by atoms with Gasteiger partial charge in [-0.25, -0.2) is 4.98 Å². The zero-order valence-corrected chi connectivity index (χ0v) is 12.3. The van der Waals surface area contributed by atoms with E-state index < -0.39 is 0 Å². The van der Waals surface area contributed by atoms with Crippen molar-refractivity contribution >= 4 is 28.2 Å². The molecule has 0 amide bonds. The molecule has 0 saturated carbocycles. The highest BCUT2D eigenvalue weighted by Gasteiger charge is 2.16. The Kier molecular flexibility index (Phi) is 5.13. The molecule has 1 fully saturated rings. The molecule has 5 heteroatoms. The number of aryl methyl sites for hydroxylation is 1. The number of nitrogens with zero attached hydrogens (tertiary/aromatic N) is 2. The largest absolute Gasteiger partial charge is 0.347 e. The van der Waals surface area contributed by atoms with Gasteiger partial charge < -0.3 is 10.2 Å². The Morgan fingerprint density at radius 2 is 2.24 bits per heavy atom. The van der Waals surface area contributed by atoms with Gasteiger partial charge >= 0.3 is 0 Å². The molecule has 1 aromatic rings. The molecule has 2 heterocycles. The minimum atomic E-state index is 0.948. The van der Waals surface area contributed by atoms with E-state index in [4.69, 9.17) is 4.98 Å². The molecule has 1 aromatic heterocycles. The second-order valence-electron chi connectivity index (χ2n) is 4.20. The van der Waals surface area contributed by atoms with Crippen LogP contribution in [0.2, 0.25) is 0 Å². The van der Waals surface area contributed by atoms with Gasteiger partial charge in [-0.2, -0.15) is 11.8 Å². The number of hydrogen-bond acceptors (Lipinski definition) is 5. The molecule has 0 unspecified atom stereocenters. The number of nitrogens with one attached hydrogen (secondary N) is 1. The maximum Gasteiger partial charge on any atom is 0.185 e. The molecule has 3 nitrogen and oxygen atoms in total. The first-order valence-corrected chi connectivity index (χ1v) is 8.28. The van der Waals surface area contributed by atoms with Gasteiger partial charge in [-0.1, -0.05) is 6.92 Å². The minimum absolute atomic E-state index is 0.948. The highest BCUT2D eigenvalue weighted by Crippen LogP contribution is 2.28. The average Bonchev–Trinajstić information content (AvgIpc) is 2.58. The van der Waals surface area contributed by atoms with E-state index in [-0.39, 0.29) is 0 Å². The summed E-state index contributed by atoms with van der Waals surface area (Å²) in [7, 11) is 2.00. The summed E-state index contributed by atoms with van der Waals surface area (Å²) < 4.78 is 0. The molecule has 2 rings (SSSR count). The molecule has 96 valence electrons. The van der Waals surface area contributed by atoms with Crippen molar-refractivity contribution in [2.24, 2.45) is 0 Å². The Labute approximate surface area is 112 Å². The Morgan fingerprint density at radius 3 is 3.00 bits per heavy atom. The standard InChI is InChI=1S/C12H21N3S2/c1-3-10-11(9-13-2)17-12(14-10)15-5-4-7-16-8-6-15/h13H,3-9H2,1-2H3. The van der Waals surface area contributed by atoms with Crippen LogP contribution in [-0.4, -0.2) is 36.6 Å². The first-order valence-electron chi connectivity index (χ1n) is 6.31. The van der Waals surface area contributed by atoms with Gasteiger partial charge in [0, 0.05) is 30.3 Å². The van der Waals surface area contributed by atoms with Crippen LogP contribution in [0.1, 0.15) is 23.9 Å². The van der Waals surface area contributed by atoms with Gasteiger partial charge in [-0.15, -0.1) is 11.3 Å². The zero-order chi connectivity index (χ0) is 12.1. The van der Waals surface area contributed by atoms with Crippen molar-refractivity contribution < 1.29 is 0 Å². The summed E-state index contributed by atoms with van der Waals surface area (Å²) in [6, 6.07) is 0. The van der Waals surface area contributed by atoms with Crippen molar-refractivity contribution in [3.63, 3.8) is 0 Å². The molecule has 0 atom stereocenters. The lowest BCUT2D eigenvalue weighted by molar-refractivity contribution is 0.801. The van der Waals surface area contributed by atoms with Gasteiger partial charge in [0.05, 0.1) is 5.69 Å². The maximum absolute atomic E-state index is 4.81. The minimum Gasteiger partial charge on any atom is -0.347 e. The van der Waals surface area contributed by atoms with Gasteiger partial charge in [0.25, 0.3) is 0 Å². The van der Waals surface area contributed by atoms with Gasteiger partial charge in [0.15, 0.2) is 5.13 Å². The third kappa shape index (κ3) is 3.36. The predicted octanol–water partition coefficient (Wildman–Crippen LogP) is 2.37. The topological polar surface area (TPSA) is 28.2 Å². The normalized spacial score (nSPS) is 17.2. The van der Waals surface area contributed by atoms with Crippen LogP contribution in [0.4, 0.5) is 5.13 Å². The molecule has 1 saturated heterocycles. The lowest BCUT2D eigenvalue weighted by Crippen LogP contribution is -2.25. The van der Waals surface area contributed by atoms with Crippen molar-refractivity contribution in [2.45, 2.75) is 26.3 Å². The van der Waals surface area contributed by atoms with Crippen LogP contribution in [0, 0.1) is 0 Å². The highest BCUT2D eigenvalue weighted by molar-refractivity contribution is 7.99. The summed E-state index contributed by atoms with van der Waals surface area (Å²) in [5, 5.41) is 4.47. The Bertz CT molecular complexity index is 344. The van der Waals surface area contributed by atoms with E-state index in [0.29, 0.717) is 0 Å². The molecule has 17 heavy (non-hydrogen) atoms. The van der Waals surface area contributed by atoms with Crippen molar-refractivity contribution in [1.29, 1.82) is 0 Å². The summed E-state index contributed by atoms with van der Waals surface area (Å²) in [5.74, 6) is 2.54. The van der Waals surface area contributed by atoms with Crippen LogP contribution in [0.25, 0.3) is 0 Å². The zero-order valence-electron chi connectivity index (χ0n) is 10.7.